The summed E-state index contributed by atoms with van der Waals surface area (Å²) in [5.41, 5.74) is 1.82. The van der Waals surface area contributed by atoms with Gasteiger partial charge in [-0.2, -0.15) is 0 Å². The minimum absolute atomic E-state index is 0.00213. The highest BCUT2D eigenvalue weighted by atomic mass is 16.2. The second-order valence-electron chi connectivity index (χ2n) is 9.31. The van der Waals surface area contributed by atoms with Crippen LogP contribution < -0.4 is 5.32 Å². The minimum Gasteiger partial charge on any atom is -0.350 e. The normalized spacial score (nSPS) is 12.4. The van der Waals surface area contributed by atoms with Crippen molar-refractivity contribution in [2.75, 3.05) is 0 Å². The van der Waals surface area contributed by atoms with Crippen LogP contribution in [0, 0.1) is 0 Å². The predicted molar refractivity (Wildman–Crippen MR) is 131 cm³/mol. The fourth-order valence-corrected chi connectivity index (χ4v) is 4.05. The Bertz CT molecular complexity index is 1050. The molecule has 0 heterocycles. The van der Waals surface area contributed by atoms with Crippen LogP contribution in [0.15, 0.2) is 72.8 Å². The van der Waals surface area contributed by atoms with E-state index in [1.54, 1.807) is 4.90 Å². The van der Waals surface area contributed by atoms with Gasteiger partial charge < -0.3 is 10.2 Å². The van der Waals surface area contributed by atoms with E-state index in [9.17, 15) is 9.59 Å². The quantitative estimate of drug-likeness (QED) is 0.513. The summed E-state index contributed by atoms with van der Waals surface area (Å²) in [6, 6.07) is 23.8. The van der Waals surface area contributed by atoms with E-state index in [-0.39, 0.29) is 17.4 Å². The molecule has 0 saturated heterocycles. The van der Waals surface area contributed by atoms with Crippen LogP contribution in [0.3, 0.4) is 0 Å². The van der Waals surface area contributed by atoms with E-state index in [0.29, 0.717) is 25.8 Å². The molecular weight excluding hydrogens is 396 g/mol. The fraction of sp³-hybridized carbons (Fsp3) is 0.357. The summed E-state index contributed by atoms with van der Waals surface area (Å²) < 4.78 is 0. The summed E-state index contributed by atoms with van der Waals surface area (Å²) in [5, 5.41) is 5.41. The van der Waals surface area contributed by atoms with Crippen molar-refractivity contribution in [1.82, 2.24) is 10.2 Å². The number of carbonyl (C=O) groups excluding carboxylic acids is 2. The van der Waals surface area contributed by atoms with Crippen LogP contribution in [0.25, 0.3) is 10.8 Å². The lowest BCUT2D eigenvalue weighted by Crippen LogP contribution is -2.53. The Morgan fingerprint density at radius 3 is 2.25 bits per heavy atom. The molecular formula is C28H34N2O2. The van der Waals surface area contributed by atoms with E-state index in [4.69, 9.17) is 0 Å². The zero-order valence-corrected chi connectivity index (χ0v) is 19.6. The highest BCUT2D eigenvalue weighted by molar-refractivity contribution is 5.89. The SMILES string of the molecule is CCC(C(=O)NC(C)(C)C)N(Cc1ccccc1)C(=O)CCc1cccc2ccccc12. The molecule has 2 amide bonds. The number of amides is 2. The molecule has 4 nitrogen and oxygen atoms in total. The van der Waals surface area contributed by atoms with Crippen LogP contribution in [0.1, 0.15) is 51.7 Å². The first-order valence-corrected chi connectivity index (χ1v) is 11.4. The van der Waals surface area contributed by atoms with E-state index < -0.39 is 6.04 Å². The van der Waals surface area contributed by atoms with E-state index in [1.807, 2.05) is 76.2 Å². The Kier molecular flexibility index (Phi) is 7.68. The second kappa shape index (κ2) is 10.4. The predicted octanol–water partition coefficient (Wildman–Crippen LogP) is 5.49. The maximum Gasteiger partial charge on any atom is 0.243 e. The van der Waals surface area contributed by atoms with Crippen LogP contribution in [0.4, 0.5) is 0 Å². The summed E-state index contributed by atoms with van der Waals surface area (Å²) in [6.07, 6.45) is 1.57. The summed E-state index contributed by atoms with van der Waals surface area (Å²) in [5.74, 6) is -0.105. The number of benzene rings is 3. The Labute approximate surface area is 191 Å². The first-order chi connectivity index (χ1) is 15.3. The zero-order chi connectivity index (χ0) is 23.1. The third kappa shape index (κ3) is 6.19. The smallest absolute Gasteiger partial charge is 0.243 e. The summed E-state index contributed by atoms with van der Waals surface area (Å²) >= 11 is 0. The molecule has 3 aromatic carbocycles. The standard InChI is InChI=1S/C28H34N2O2/c1-5-25(27(32)29-28(2,3)4)30(20-21-12-7-6-8-13-21)26(31)19-18-23-16-11-15-22-14-9-10-17-24(22)23/h6-17,25H,5,18-20H2,1-4H3,(H,29,32). The Balaban J connectivity index is 1.82. The van der Waals surface area contributed by atoms with Crippen LogP contribution in [0.5, 0.6) is 0 Å². The van der Waals surface area contributed by atoms with Crippen molar-refractivity contribution in [1.29, 1.82) is 0 Å². The van der Waals surface area contributed by atoms with Crippen LogP contribution in [0.2, 0.25) is 0 Å². The maximum atomic E-state index is 13.5. The Hall–Kier alpha value is -3.14. The molecule has 0 radical (unpaired) electrons. The maximum absolute atomic E-state index is 13.5. The summed E-state index contributed by atoms with van der Waals surface area (Å²) in [7, 11) is 0. The van der Waals surface area contributed by atoms with E-state index in [1.165, 1.54) is 10.8 Å². The lowest BCUT2D eigenvalue weighted by molar-refractivity contribution is -0.142. The molecule has 4 heteroatoms. The number of fused-ring (bicyclic) bond motifs is 1. The molecule has 0 aromatic heterocycles. The highest BCUT2D eigenvalue weighted by Gasteiger charge is 2.30. The number of hydrogen-bond acceptors (Lipinski definition) is 2. The monoisotopic (exact) mass is 430 g/mol. The largest absolute Gasteiger partial charge is 0.350 e. The molecule has 0 spiro atoms. The third-order valence-electron chi connectivity index (χ3n) is 5.57. The Morgan fingerprint density at radius 2 is 1.56 bits per heavy atom. The van der Waals surface area contributed by atoms with Gasteiger partial charge in [0.1, 0.15) is 6.04 Å². The lowest BCUT2D eigenvalue weighted by atomic mass is 10.00. The number of nitrogens with one attached hydrogen (secondary N) is 1. The number of rotatable bonds is 8. The van der Waals surface area contributed by atoms with Gasteiger partial charge in [0, 0.05) is 18.5 Å². The number of nitrogens with zero attached hydrogens (tertiary/aromatic N) is 1. The minimum atomic E-state index is -0.505. The van der Waals surface area contributed by atoms with Gasteiger partial charge in [-0.1, -0.05) is 79.7 Å². The number of carbonyl (C=O) groups is 2. The van der Waals surface area contributed by atoms with Gasteiger partial charge in [0.15, 0.2) is 0 Å². The lowest BCUT2D eigenvalue weighted by Gasteiger charge is -2.33. The highest BCUT2D eigenvalue weighted by Crippen LogP contribution is 2.21. The third-order valence-corrected chi connectivity index (χ3v) is 5.57. The van der Waals surface area contributed by atoms with E-state index >= 15 is 0 Å². The van der Waals surface area contributed by atoms with Crippen molar-refractivity contribution in [3.63, 3.8) is 0 Å². The van der Waals surface area contributed by atoms with Gasteiger partial charge in [0.2, 0.25) is 11.8 Å². The summed E-state index contributed by atoms with van der Waals surface area (Å²) in [4.78, 5) is 28.3. The molecule has 0 aliphatic carbocycles. The van der Waals surface area contributed by atoms with E-state index in [2.05, 4.69) is 29.6 Å². The summed E-state index contributed by atoms with van der Waals surface area (Å²) in [6.45, 7) is 8.26. The van der Waals surface area contributed by atoms with Crippen molar-refractivity contribution in [3.05, 3.63) is 83.9 Å². The van der Waals surface area contributed by atoms with Gasteiger partial charge in [-0.25, -0.2) is 0 Å². The Morgan fingerprint density at radius 1 is 0.906 bits per heavy atom. The average Bonchev–Trinajstić information content (AvgIpc) is 2.76. The van der Waals surface area contributed by atoms with Gasteiger partial charge in [-0.3, -0.25) is 9.59 Å². The van der Waals surface area contributed by atoms with Crippen LogP contribution in [-0.4, -0.2) is 28.3 Å². The molecule has 168 valence electrons. The molecule has 1 unspecified atom stereocenters. The van der Waals surface area contributed by atoms with Crippen molar-refractivity contribution in [2.24, 2.45) is 0 Å². The van der Waals surface area contributed by atoms with Crippen molar-refractivity contribution in [3.8, 4) is 0 Å². The zero-order valence-electron chi connectivity index (χ0n) is 19.6. The fourth-order valence-electron chi connectivity index (χ4n) is 4.05. The second-order valence-corrected chi connectivity index (χ2v) is 9.31. The van der Waals surface area contributed by atoms with Gasteiger partial charge in [0.25, 0.3) is 0 Å². The van der Waals surface area contributed by atoms with Crippen molar-refractivity contribution in [2.45, 2.75) is 65.1 Å². The first kappa shape index (κ1) is 23.5. The molecule has 0 aliphatic heterocycles. The van der Waals surface area contributed by atoms with Gasteiger partial charge in [-0.05, 0) is 55.5 Å². The van der Waals surface area contributed by atoms with Gasteiger partial charge in [0.05, 0.1) is 0 Å². The number of aryl methyl sites for hydroxylation is 1. The topological polar surface area (TPSA) is 49.4 Å². The molecule has 3 aromatic rings. The van der Waals surface area contributed by atoms with Crippen molar-refractivity contribution >= 4 is 22.6 Å². The first-order valence-electron chi connectivity index (χ1n) is 11.4. The van der Waals surface area contributed by atoms with Crippen LogP contribution in [-0.2, 0) is 22.6 Å². The van der Waals surface area contributed by atoms with Gasteiger partial charge >= 0.3 is 0 Å². The van der Waals surface area contributed by atoms with Crippen LogP contribution >= 0.6 is 0 Å². The molecule has 0 aliphatic rings. The molecule has 1 N–H and O–H groups in total. The molecule has 1 atom stereocenters. The van der Waals surface area contributed by atoms with Gasteiger partial charge in [-0.15, -0.1) is 0 Å². The molecule has 0 bridgehead atoms. The molecule has 3 rings (SSSR count). The van der Waals surface area contributed by atoms with Crippen molar-refractivity contribution < 1.29 is 9.59 Å². The molecule has 0 fully saturated rings. The average molecular weight is 431 g/mol. The number of hydrogen-bond donors (Lipinski definition) is 1. The molecule has 0 saturated carbocycles. The van der Waals surface area contributed by atoms with E-state index in [0.717, 1.165) is 11.1 Å². The molecule has 32 heavy (non-hydrogen) atoms.